The van der Waals surface area contributed by atoms with Gasteiger partial charge in [-0.2, -0.15) is 4.68 Å². The molecule has 0 amide bonds. The minimum Gasteiger partial charge on any atom is -0.463 e. The van der Waals surface area contributed by atoms with Gasteiger partial charge in [0.2, 0.25) is 5.72 Å². The lowest BCUT2D eigenvalue weighted by Gasteiger charge is -2.39. The van der Waals surface area contributed by atoms with E-state index in [2.05, 4.69) is 47.6 Å². The van der Waals surface area contributed by atoms with E-state index in [0.29, 0.717) is 12.8 Å². The van der Waals surface area contributed by atoms with Gasteiger partial charge in [0, 0.05) is 11.8 Å². The van der Waals surface area contributed by atoms with E-state index in [-0.39, 0.29) is 0 Å². The van der Waals surface area contributed by atoms with Crippen molar-refractivity contribution in [1.29, 1.82) is 0 Å². The van der Waals surface area contributed by atoms with Gasteiger partial charge in [0.15, 0.2) is 0 Å². The molecule has 5 nitrogen and oxygen atoms in total. The van der Waals surface area contributed by atoms with Gasteiger partial charge in [-0.05, 0) is 48.4 Å². The van der Waals surface area contributed by atoms with Crippen LogP contribution in [-0.4, -0.2) is 26.2 Å². The Hall–Kier alpha value is -3.70. The number of hydrogen-bond donors (Lipinski definition) is 1. The Bertz CT molecular complexity index is 1390. The third kappa shape index (κ3) is 4.64. The molecular weight excluding hydrogens is 434 g/mol. The minimum atomic E-state index is -1.11. The molecule has 2 atom stereocenters. The standard InChI is InChI=1S/C30H31N3O2/c1-2-3-22-30(29(34)21-20-23-12-5-4-6-13-23,33-27-18-10-9-17-26(27)31-32-33)35-28-19-11-15-24-14-7-8-16-25(24)28/h4-19,29,34H,2-3,20-22H2,1H3. The van der Waals surface area contributed by atoms with Crippen LogP contribution in [0.3, 0.4) is 0 Å². The maximum absolute atomic E-state index is 11.9. The van der Waals surface area contributed by atoms with Crippen molar-refractivity contribution in [3.8, 4) is 5.75 Å². The number of hydrogen-bond acceptors (Lipinski definition) is 4. The first kappa shape index (κ1) is 23.1. The minimum absolute atomic E-state index is 0.534. The van der Waals surface area contributed by atoms with Gasteiger partial charge in [0.05, 0.1) is 5.52 Å². The number of unbranched alkanes of at least 4 members (excludes halogenated alkanes) is 1. The predicted molar refractivity (Wildman–Crippen MR) is 140 cm³/mol. The summed E-state index contributed by atoms with van der Waals surface area (Å²) in [5.41, 5.74) is 1.71. The van der Waals surface area contributed by atoms with Crippen LogP contribution in [0.4, 0.5) is 0 Å². The predicted octanol–water partition coefficient (Wildman–Crippen LogP) is 6.50. The highest BCUT2D eigenvalue weighted by Gasteiger charge is 2.44. The Kier molecular flexibility index (Phi) is 6.77. The third-order valence-corrected chi connectivity index (χ3v) is 6.71. The van der Waals surface area contributed by atoms with Crippen LogP contribution in [0.2, 0.25) is 0 Å². The van der Waals surface area contributed by atoms with Crippen LogP contribution in [0.15, 0.2) is 97.1 Å². The molecule has 0 aliphatic carbocycles. The summed E-state index contributed by atoms with van der Waals surface area (Å²) in [6.07, 6.45) is 2.92. The van der Waals surface area contributed by atoms with Crippen molar-refractivity contribution < 1.29 is 9.84 Å². The molecule has 5 heteroatoms. The van der Waals surface area contributed by atoms with E-state index in [1.54, 1.807) is 0 Å². The molecule has 35 heavy (non-hydrogen) atoms. The second-order valence-corrected chi connectivity index (χ2v) is 9.06. The quantitative estimate of drug-likeness (QED) is 0.256. The summed E-state index contributed by atoms with van der Waals surface area (Å²) in [4.78, 5) is 0. The molecule has 0 radical (unpaired) electrons. The Labute approximate surface area is 206 Å². The monoisotopic (exact) mass is 465 g/mol. The molecule has 1 N–H and O–H groups in total. The lowest BCUT2D eigenvalue weighted by molar-refractivity contribution is -0.128. The van der Waals surface area contributed by atoms with E-state index in [1.165, 1.54) is 5.56 Å². The van der Waals surface area contributed by atoms with Crippen molar-refractivity contribution in [3.05, 3.63) is 103 Å². The summed E-state index contributed by atoms with van der Waals surface area (Å²) < 4.78 is 8.75. The van der Waals surface area contributed by atoms with Crippen molar-refractivity contribution in [2.24, 2.45) is 0 Å². The van der Waals surface area contributed by atoms with Gasteiger partial charge in [-0.25, -0.2) is 0 Å². The lowest BCUT2D eigenvalue weighted by Crippen LogP contribution is -2.51. The highest BCUT2D eigenvalue weighted by molar-refractivity contribution is 5.88. The highest BCUT2D eigenvalue weighted by atomic mass is 16.5. The maximum Gasteiger partial charge on any atom is 0.229 e. The van der Waals surface area contributed by atoms with E-state index < -0.39 is 11.8 Å². The molecule has 1 aromatic heterocycles. The first-order chi connectivity index (χ1) is 17.2. The van der Waals surface area contributed by atoms with Crippen molar-refractivity contribution >= 4 is 21.8 Å². The molecule has 0 bridgehead atoms. The third-order valence-electron chi connectivity index (χ3n) is 6.71. The number of para-hydroxylation sites is 1. The Morgan fingerprint density at radius 3 is 2.49 bits per heavy atom. The van der Waals surface area contributed by atoms with Gasteiger partial charge >= 0.3 is 0 Å². The van der Waals surface area contributed by atoms with Gasteiger partial charge in [-0.1, -0.05) is 97.4 Å². The fourth-order valence-corrected chi connectivity index (χ4v) is 4.80. The zero-order chi connectivity index (χ0) is 24.1. The summed E-state index contributed by atoms with van der Waals surface area (Å²) in [6.45, 7) is 2.15. The number of ether oxygens (including phenoxy) is 1. The van der Waals surface area contributed by atoms with Crippen LogP contribution in [-0.2, 0) is 12.1 Å². The molecule has 5 rings (SSSR count). The maximum atomic E-state index is 11.9. The second-order valence-electron chi connectivity index (χ2n) is 9.06. The van der Waals surface area contributed by atoms with Crippen LogP contribution >= 0.6 is 0 Å². The molecule has 0 spiro atoms. The molecule has 4 aromatic carbocycles. The van der Waals surface area contributed by atoms with Crippen molar-refractivity contribution in [2.45, 2.75) is 50.9 Å². The normalized spacial score (nSPS) is 14.1. The highest BCUT2D eigenvalue weighted by Crippen LogP contribution is 2.38. The topological polar surface area (TPSA) is 60.2 Å². The number of benzene rings is 4. The largest absolute Gasteiger partial charge is 0.463 e. The zero-order valence-corrected chi connectivity index (χ0v) is 20.0. The molecule has 178 valence electrons. The Balaban J connectivity index is 1.63. The number of fused-ring (bicyclic) bond motifs is 2. The van der Waals surface area contributed by atoms with Crippen LogP contribution in [0, 0.1) is 0 Å². The average Bonchev–Trinajstić information content (AvgIpc) is 3.35. The van der Waals surface area contributed by atoms with E-state index >= 15 is 0 Å². The molecule has 1 heterocycles. The first-order valence-electron chi connectivity index (χ1n) is 12.4. The molecule has 0 fully saturated rings. The number of nitrogens with zero attached hydrogens (tertiary/aromatic N) is 3. The molecule has 2 unspecified atom stereocenters. The number of aryl methyl sites for hydroxylation is 1. The van der Waals surface area contributed by atoms with Crippen LogP contribution in [0.25, 0.3) is 21.8 Å². The first-order valence-corrected chi connectivity index (χ1v) is 12.4. The molecule has 0 aliphatic heterocycles. The van der Waals surface area contributed by atoms with Gasteiger partial charge in [0.25, 0.3) is 0 Å². The molecule has 0 aliphatic rings. The van der Waals surface area contributed by atoms with Gasteiger partial charge in [-0.15, -0.1) is 5.10 Å². The van der Waals surface area contributed by atoms with Gasteiger partial charge < -0.3 is 9.84 Å². The van der Waals surface area contributed by atoms with E-state index in [1.807, 2.05) is 71.4 Å². The fourth-order valence-electron chi connectivity index (χ4n) is 4.80. The SMILES string of the molecule is CCCCC(Oc1cccc2ccccc12)(C(O)CCc1ccccc1)n1nnc2ccccc21. The fraction of sp³-hybridized carbons (Fsp3) is 0.267. The summed E-state index contributed by atoms with van der Waals surface area (Å²) in [5, 5.41) is 23.0. The number of rotatable bonds is 10. The number of aliphatic hydroxyl groups excluding tert-OH is 1. The summed E-state index contributed by atoms with van der Waals surface area (Å²) in [6, 6.07) is 32.3. The van der Waals surface area contributed by atoms with E-state index in [0.717, 1.165) is 46.8 Å². The molecular formula is C30H31N3O2. The summed E-state index contributed by atoms with van der Waals surface area (Å²) >= 11 is 0. The summed E-state index contributed by atoms with van der Waals surface area (Å²) in [5.74, 6) is 0.734. The van der Waals surface area contributed by atoms with Gasteiger partial charge in [0.1, 0.15) is 17.4 Å². The van der Waals surface area contributed by atoms with Crippen LogP contribution < -0.4 is 4.74 Å². The smallest absolute Gasteiger partial charge is 0.229 e. The summed E-state index contributed by atoms with van der Waals surface area (Å²) in [7, 11) is 0. The average molecular weight is 466 g/mol. The van der Waals surface area contributed by atoms with Crippen molar-refractivity contribution in [2.75, 3.05) is 0 Å². The number of aliphatic hydroxyl groups is 1. The van der Waals surface area contributed by atoms with Crippen molar-refractivity contribution in [1.82, 2.24) is 15.0 Å². The molecule has 0 saturated heterocycles. The second kappa shape index (κ2) is 10.3. The zero-order valence-electron chi connectivity index (χ0n) is 20.0. The van der Waals surface area contributed by atoms with Gasteiger partial charge in [-0.3, -0.25) is 0 Å². The van der Waals surface area contributed by atoms with Crippen molar-refractivity contribution in [3.63, 3.8) is 0 Å². The Morgan fingerprint density at radius 1 is 0.886 bits per heavy atom. The van der Waals surface area contributed by atoms with E-state index in [9.17, 15) is 5.11 Å². The molecule has 5 aromatic rings. The Morgan fingerprint density at radius 2 is 1.63 bits per heavy atom. The van der Waals surface area contributed by atoms with Crippen LogP contribution in [0.1, 0.15) is 38.2 Å². The number of aromatic nitrogens is 3. The lowest BCUT2D eigenvalue weighted by atomic mass is 9.93. The van der Waals surface area contributed by atoms with E-state index in [4.69, 9.17) is 4.74 Å². The molecule has 0 saturated carbocycles. The van der Waals surface area contributed by atoms with Crippen LogP contribution in [0.5, 0.6) is 5.75 Å².